The quantitative estimate of drug-likeness (QED) is 0.754. The van der Waals surface area contributed by atoms with Crippen LogP contribution in [0.1, 0.15) is 22.5 Å². The van der Waals surface area contributed by atoms with E-state index < -0.39 is 17.9 Å². The number of thiophene rings is 1. The Kier molecular flexibility index (Phi) is 6.11. The molecule has 0 aliphatic heterocycles. The molecule has 0 saturated carbocycles. The average Bonchev–Trinajstić information content (AvgIpc) is 2.74. The summed E-state index contributed by atoms with van der Waals surface area (Å²) in [5, 5.41) is 11.5. The molecule has 0 aromatic carbocycles. The van der Waals surface area contributed by atoms with E-state index in [1.54, 1.807) is 19.2 Å². The van der Waals surface area contributed by atoms with Crippen LogP contribution in [-0.2, 0) is 9.53 Å². The van der Waals surface area contributed by atoms with Gasteiger partial charge in [0, 0.05) is 13.7 Å². The first-order chi connectivity index (χ1) is 8.54. The minimum Gasteiger partial charge on any atom is -0.480 e. The lowest BCUT2D eigenvalue weighted by Gasteiger charge is -2.13. The molecule has 1 aromatic rings. The van der Waals surface area contributed by atoms with Crippen molar-refractivity contribution in [2.45, 2.75) is 18.9 Å². The summed E-state index contributed by atoms with van der Waals surface area (Å²) >= 11 is 6.83. The van der Waals surface area contributed by atoms with E-state index in [9.17, 15) is 9.59 Å². The molecule has 1 amide bonds. The van der Waals surface area contributed by atoms with Crippen LogP contribution in [-0.4, -0.2) is 36.7 Å². The van der Waals surface area contributed by atoms with Gasteiger partial charge in [0.1, 0.15) is 6.04 Å². The molecule has 18 heavy (non-hydrogen) atoms. The number of rotatable bonds is 7. The lowest BCUT2D eigenvalue weighted by Crippen LogP contribution is -2.40. The summed E-state index contributed by atoms with van der Waals surface area (Å²) in [6.07, 6.45) is 0.896. The molecule has 1 atom stereocenters. The largest absolute Gasteiger partial charge is 0.480 e. The molecule has 0 spiro atoms. The number of methoxy groups -OCH3 is 1. The van der Waals surface area contributed by atoms with Gasteiger partial charge in [-0.2, -0.15) is 0 Å². The number of carbonyl (C=O) groups excluding carboxylic acids is 1. The molecular formula is C11H14ClNO4S. The van der Waals surface area contributed by atoms with Crippen molar-refractivity contribution in [3.05, 3.63) is 21.3 Å². The summed E-state index contributed by atoms with van der Waals surface area (Å²) in [5.74, 6) is -1.47. The first-order valence-electron chi connectivity index (χ1n) is 5.32. The molecule has 0 saturated heterocycles. The van der Waals surface area contributed by atoms with Crippen molar-refractivity contribution in [3.8, 4) is 0 Å². The van der Waals surface area contributed by atoms with E-state index in [0.29, 0.717) is 28.7 Å². The van der Waals surface area contributed by atoms with Crippen molar-refractivity contribution in [3.63, 3.8) is 0 Å². The normalized spacial score (nSPS) is 12.1. The first-order valence-corrected chi connectivity index (χ1v) is 6.52. The van der Waals surface area contributed by atoms with Crippen LogP contribution in [0.4, 0.5) is 0 Å². The van der Waals surface area contributed by atoms with E-state index >= 15 is 0 Å². The summed E-state index contributed by atoms with van der Waals surface area (Å²) in [6.45, 7) is 0.463. The van der Waals surface area contributed by atoms with Crippen LogP contribution in [0.15, 0.2) is 12.1 Å². The summed E-state index contributed by atoms with van der Waals surface area (Å²) < 4.78 is 5.34. The van der Waals surface area contributed by atoms with Crippen molar-refractivity contribution in [2.24, 2.45) is 0 Å². The van der Waals surface area contributed by atoms with Crippen LogP contribution >= 0.6 is 22.9 Å². The molecular weight excluding hydrogens is 278 g/mol. The van der Waals surface area contributed by atoms with Gasteiger partial charge in [-0.15, -0.1) is 11.3 Å². The number of amides is 1. The standard InChI is InChI=1S/C11H14ClNO4S/c1-17-6-2-3-7(11(15)16)13-10(14)8-4-5-9(12)18-8/h4-5,7H,2-3,6H2,1H3,(H,13,14)(H,15,16). The summed E-state index contributed by atoms with van der Waals surface area (Å²) in [6, 6.07) is 2.26. The van der Waals surface area contributed by atoms with Gasteiger partial charge in [0.05, 0.1) is 9.21 Å². The maximum atomic E-state index is 11.8. The second-order valence-electron chi connectivity index (χ2n) is 3.60. The highest BCUT2D eigenvalue weighted by Gasteiger charge is 2.20. The topological polar surface area (TPSA) is 75.6 Å². The van der Waals surface area contributed by atoms with E-state index in [-0.39, 0.29) is 0 Å². The minimum atomic E-state index is -1.05. The van der Waals surface area contributed by atoms with E-state index in [1.165, 1.54) is 0 Å². The van der Waals surface area contributed by atoms with Crippen LogP contribution < -0.4 is 5.32 Å². The number of halogens is 1. The zero-order chi connectivity index (χ0) is 13.5. The third kappa shape index (κ3) is 4.64. The number of aliphatic carboxylic acids is 1. The van der Waals surface area contributed by atoms with Gasteiger partial charge in [0.2, 0.25) is 0 Å². The zero-order valence-corrected chi connectivity index (χ0v) is 11.4. The first kappa shape index (κ1) is 14.9. The van der Waals surface area contributed by atoms with Gasteiger partial charge in [-0.25, -0.2) is 4.79 Å². The van der Waals surface area contributed by atoms with Crippen LogP contribution in [0.2, 0.25) is 4.34 Å². The smallest absolute Gasteiger partial charge is 0.326 e. The molecule has 1 aromatic heterocycles. The number of carbonyl (C=O) groups is 2. The van der Waals surface area contributed by atoms with Gasteiger partial charge in [-0.3, -0.25) is 4.79 Å². The highest BCUT2D eigenvalue weighted by Crippen LogP contribution is 2.21. The Morgan fingerprint density at radius 1 is 1.56 bits per heavy atom. The lowest BCUT2D eigenvalue weighted by atomic mass is 10.1. The molecule has 5 nitrogen and oxygen atoms in total. The molecule has 0 aliphatic carbocycles. The molecule has 0 aliphatic rings. The molecule has 0 bridgehead atoms. The van der Waals surface area contributed by atoms with Crippen molar-refractivity contribution >= 4 is 34.8 Å². The molecule has 1 unspecified atom stereocenters. The number of ether oxygens (including phenoxy) is 1. The fourth-order valence-corrected chi connectivity index (χ4v) is 2.30. The predicted octanol–water partition coefficient (Wildman–Crippen LogP) is 2.01. The van der Waals surface area contributed by atoms with Crippen LogP contribution in [0, 0.1) is 0 Å². The number of hydrogen-bond acceptors (Lipinski definition) is 4. The summed E-state index contributed by atoms with van der Waals surface area (Å²) in [7, 11) is 1.54. The third-order valence-corrected chi connectivity index (χ3v) is 3.47. The van der Waals surface area contributed by atoms with E-state index in [2.05, 4.69) is 5.32 Å². The molecule has 7 heteroatoms. The fourth-order valence-electron chi connectivity index (χ4n) is 1.35. The molecule has 0 fully saturated rings. The van der Waals surface area contributed by atoms with Crippen LogP contribution in [0.5, 0.6) is 0 Å². The monoisotopic (exact) mass is 291 g/mol. The fraction of sp³-hybridized carbons (Fsp3) is 0.455. The Hall–Kier alpha value is -1.11. The Bertz CT molecular complexity index is 421. The maximum Gasteiger partial charge on any atom is 0.326 e. The number of carboxylic acid groups (broad SMARTS) is 1. The molecule has 100 valence electrons. The van der Waals surface area contributed by atoms with E-state index in [4.69, 9.17) is 21.4 Å². The van der Waals surface area contributed by atoms with Crippen molar-refractivity contribution in [2.75, 3.05) is 13.7 Å². The third-order valence-electron chi connectivity index (χ3n) is 2.24. The predicted molar refractivity (Wildman–Crippen MR) is 69.3 cm³/mol. The molecule has 1 heterocycles. The van der Waals surface area contributed by atoms with Gasteiger partial charge in [0.25, 0.3) is 5.91 Å². The highest BCUT2D eigenvalue weighted by atomic mass is 35.5. The van der Waals surface area contributed by atoms with E-state index in [1.807, 2.05) is 0 Å². The lowest BCUT2D eigenvalue weighted by molar-refractivity contribution is -0.139. The molecule has 0 radical (unpaired) electrons. The highest BCUT2D eigenvalue weighted by molar-refractivity contribution is 7.18. The zero-order valence-electron chi connectivity index (χ0n) is 9.81. The molecule has 2 N–H and O–H groups in total. The average molecular weight is 292 g/mol. The minimum absolute atomic E-state index is 0.327. The van der Waals surface area contributed by atoms with Crippen molar-refractivity contribution in [1.82, 2.24) is 5.32 Å². The van der Waals surface area contributed by atoms with Crippen LogP contribution in [0.25, 0.3) is 0 Å². The Labute approximate surface area is 114 Å². The Morgan fingerprint density at radius 3 is 2.78 bits per heavy atom. The summed E-state index contributed by atoms with van der Waals surface area (Å²) in [5.41, 5.74) is 0. The van der Waals surface area contributed by atoms with Crippen molar-refractivity contribution in [1.29, 1.82) is 0 Å². The number of carboxylic acids is 1. The summed E-state index contributed by atoms with van der Waals surface area (Å²) in [4.78, 5) is 23.1. The van der Waals surface area contributed by atoms with Gasteiger partial charge in [-0.05, 0) is 25.0 Å². The number of hydrogen-bond donors (Lipinski definition) is 2. The second kappa shape index (κ2) is 7.35. The number of nitrogens with one attached hydrogen (secondary N) is 1. The Morgan fingerprint density at radius 2 is 2.28 bits per heavy atom. The van der Waals surface area contributed by atoms with Gasteiger partial charge in [0.15, 0.2) is 0 Å². The maximum absolute atomic E-state index is 11.8. The Balaban J connectivity index is 2.55. The van der Waals surface area contributed by atoms with Crippen molar-refractivity contribution < 1.29 is 19.4 Å². The van der Waals surface area contributed by atoms with Gasteiger partial charge >= 0.3 is 5.97 Å². The van der Waals surface area contributed by atoms with Gasteiger partial charge < -0.3 is 15.2 Å². The molecule has 1 rings (SSSR count). The SMILES string of the molecule is COCCCC(NC(=O)c1ccc(Cl)s1)C(=O)O. The second-order valence-corrected chi connectivity index (χ2v) is 5.32. The van der Waals surface area contributed by atoms with Crippen LogP contribution in [0.3, 0.4) is 0 Å². The van der Waals surface area contributed by atoms with Gasteiger partial charge in [-0.1, -0.05) is 11.6 Å². The van der Waals surface area contributed by atoms with E-state index in [0.717, 1.165) is 11.3 Å².